The van der Waals surface area contributed by atoms with Crippen molar-refractivity contribution in [3.05, 3.63) is 44.8 Å². The molecule has 1 aliphatic heterocycles. The van der Waals surface area contributed by atoms with Crippen LogP contribution in [0.15, 0.2) is 35.0 Å². The molecule has 0 radical (unpaired) electrons. The number of thiophene rings is 2. The minimum absolute atomic E-state index is 0.00542. The zero-order valence-corrected chi connectivity index (χ0v) is 11.7. The summed E-state index contributed by atoms with van der Waals surface area (Å²) in [6.07, 6.45) is 0.797. The largest absolute Gasteiger partial charge is 0.347 e. The summed E-state index contributed by atoms with van der Waals surface area (Å²) in [6, 6.07) is 10.2. The van der Waals surface area contributed by atoms with Gasteiger partial charge in [0, 0.05) is 15.7 Å². The highest BCUT2D eigenvalue weighted by atomic mass is 32.1. The SMILES string of the molecule is N#C[C@H]1C(=O)N[C@H](c2cccs2)C[C@H]1c1cccs1. The molecule has 1 N–H and O–H groups in total. The van der Waals surface area contributed by atoms with Crippen LogP contribution in [0, 0.1) is 17.2 Å². The van der Waals surface area contributed by atoms with E-state index < -0.39 is 5.92 Å². The fraction of sp³-hybridized carbons (Fsp3) is 0.286. The van der Waals surface area contributed by atoms with E-state index in [0.717, 1.165) is 16.2 Å². The van der Waals surface area contributed by atoms with Crippen LogP contribution in [-0.2, 0) is 4.79 Å². The summed E-state index contributed by atoms with van der Waals surface area (Å²) in [5.74, 6) is -0.716. The molecule has 1 aliphatic rings. The van der Waals surface area contributed by atoms with E-state index in [0.29, 0.717) is 0 Å². The van der Waals surface area contributed by atoms with Crippen LogP contribution in [0.2, 0.25) is 0 Å². The highest BCUT2D eigenvalue weighted by Gasteiger charge is 2.38. The summed E-state index contributed by atoms with van der Waals surface area (Å²) in [4.78, 5) is 14.4. The standard InChI is InChI=1S/C14H12N2OS2/c15-8-10-9(12-3-1-5-18-12)7-11(16-14(10)17)13-4-2-6-19-13/h1-6,9-11H,7H2,(H,16,17)/t9-,10-,11+/m1/s1. The van der Waals surface area contributed by atoms with Gasteiger partial charge in [0.05, 0.1) is 12.1 Å². The Morgan fingerprint density at radius 1 is 1.21 bits per heavy atom. The lowest BCUT2D eigenvalue weighted by atomic mass is 9.82. The summed E-state index contributed by atoms with van der Waals surface area (Å²) in [5.41, 5.74) is 0. The molecule has 3 rings (SSSR count). The summed E-state index contributed by atoms with van der Waals surface area (Å²) in [6.45, 7) is 0. The lowest BCUT2D eigenvalue weighted by molar-refractivity contribution is -0.126. The number of nitriles is 1. The van der Waals surface area contributed by atoms with Crippen LogP contribution in [0.4, 0.5) is 0 Å². The number of amides is 1. The van der Waals surface area contributed by atoms with E-state index in [4.69, 9.17) is 0 Å². The summed E-state index contributed by atoms with van der Waals surface area (Å²) >= 11 is 3.27. The van der Waals surface area contributed by atoms with Gasteiger partial charge in [-0.05, 0) is 29.3 Å². The molecule has 5 heteroatoms. The molecule has 3 atom stereocenters. The Bertz CT molecular complexity index is 598. The Hall–Kier alpha value is -1.64. The van der Waals surface area contributed by atoms with E-state index in [1.54, 1.807) is 22.7 Å². The predicted molar refractivity (Wildman–Crippen MR) is 76.0 cm³/mol. The van der Waals surface area contributed by atoms with Crippen molar-refractivity contribution < 1.29 is 4.79 Å². The molecule has 2 aromatic heterocycles. The maximum Gasteiger partial charge on any atom is 0.238 e. The minimum atomic E-state index is -0.574. The summed E-state index contributed by atoms with van der Waals surface area (Å²) in [5, 5.41) is 16.2. The summed E-state index contributed by atoms with van der Waals surface area (Å²) in [7, 11) is 0. The van der Waals surface area contributed by atoms with E-state index in [1.807, 2.05) is 35.0 Å². The van der Waals surface area contributed by atoms with Gasteiger partial charge in [0.15, 0.2) is 0 Å². The molecule has 3 nitrogen and oxygen atoms in total. The second-order valence-electron chi connectivity index (χ2n) is 4.54. The maximum atomic E-state index is 12.1. The second kappa shape index (κ2) is 5.16. The van der Waals surface area contributed by atoms with Crippen molar-refractivity contribution >= 4 is 28.6 Å². The smallest absolute Gasteiger partial charge is 0.238 e. The molecule has 1 saturated heterocycles. The van der Waals surface area contributed by atoms with Crippen molar-refractivity contribution in [3.8, 4) is 6.07 Å². The van der Waals surface area contributed by atoms with Crippen LogP contribution in [0.1, 0.15) is 28.1 Å². The molecule has 0 saturated carbocycles. The number of hydrogen-bond donors (Lipinski definition) is 1. The summed E-state index contributed by atoms with van der Waals surface area (Å²) < 4.78 is 0. The zero-order valence-electron chi connectivity index (χ0n) is 10.1. The van der Waals surface area contributed by atoms with Gasteiger partial charge in [-0.2, -0.15) is 5.26 Å². The van der Waals surface area contributed by atoms with Crippen LogP contribution in [0.5, 0.6) is 0 Å². The molecule has 0 aliphatic carbocycles. The second-order valence-corrected chi connectivity index (χ2v) is 6.50. The van der Waals surface area contributed by atoms with E-state index in [2.05, 4.69) is 11.4 Å². The van der Waals surface area contributed by atoms with Crippen LogP contribution in [0.25, 0.3) is 0 Å². The minimum Gasteiger partial charge on any atom is -0.347 e. The number of rotatable bonds is 2. The fourth-order valence-corrected chi connectivity index (χ4v) is 4.17. The van der Waals surface area contributed by atoms with Crippen molar-refractivity contribution in [2.24, 2.45) is 5.92 Å². The third kappa shape index (κ3) is 2.29. The Balaban J connectivity index is 1.92. The Labute approximate surface area is 119 Å². The first-order valence-corrected chi connectivity index (χ1v) is 7.82. The van der Waals surface area contributed by atoms with E-state index in [9.17, 15) is 10.1 Å². The molecular formula is C14H12N2OS2. The molecule has 2 aromatic rings. The molecule has 0 spiro atoms. The van der Waals surface area contributed by atoms with Gasteiger partial charge in [0.2, 0.25) is 5.91 Å². The first kappa shape index (κ1) is 12.4. The molecular weight excluding hydrogens is 276 g/mol. The van der Waals surface area contributed by atoms with Crippen LogP contribution in [-0.4, -0.2) is 5.91 Å². The van der Waals surface area contributed by atoms with Gasteiger partial charge in [-0.25, -0.2) is 0 Å². The Morgan fingerprint density at radius 2 is 1.89 bits per heavy atom. The van der Waals surface area contributed by atoms with Crippen molar-refractivity contribution in [2.75, 3.05) is 0 Å². The van der Waals surface area contributed by atoms with E-state index >= 15 is 0 Å². The van der Waals surface area contributed by atoms with E-state index in [1.165, 1.54) is 0 Å². The molecule has 0 unspecified atom stereocenters. The zero-order chi connectivity index (χ0) is 13.2. The highest BCUT2D eigenvalue weighted by molar-refractivity contribution is 7.10. The van der Waals surface area contributed by atoms with Crippen LogP contribution in [0.3, 0.4) is 0 Å². The van der Waals surface area contributed by atoms with Crippen molar-refractivity contribution in [1.82, 2.24) is 5.32 Å². The number of hydrogen-bond acceptors (Lipinski definition) is 4. The third-order valence-corrected chi connectivity index (χ3v) is 5.42. The molecule has 96 valence electrons. The Morgan fingerprint density at radius 3 is 2.47 bits per heavy atom. The fourth-order valence-electron chi connectivity index (χ4n) is 2.50. The predicted octanol–water partition coefficient (Wildman–Crippen LogP) is 3.29. The first-order chi connectivity index (χ1) is 9.29. The molecule has 1 fully saturated rings. The molecule has 3 heterocycles. The Kier molecular flexibility index (Phi) is 3.36. The van der Waals surface area contributed by atoms with Gasteiger partial charge in [-0.3, -0.25) is 4.79 Å². The van der Waals surface area contributed by atoms with Gasteiger partial charge >= 0.3 is 0 Å². The lowest BCUT2D eigenvalue weighted by Crippen LogP contribution is -2.42. The van der Waals surface area contributed by atoms with Gasteiger partial charge in [-0.15, -0.1) is 22.7 Å². The average Bonchev–Trinajstić information content (AvgIpc) is 3.11. The van der Waals surface area contributed by atoms with Crippen LogP contribution >= 0.6 is 22.7 Å². The van der Waals surface area contributed by atoms with Gasteiger partial charge in [0.25, 0.3) is 0 Å². The molecule has 0 aromatic carbocycles. The lowest BCUT2D eigenvalue weighted by Gasteiger charge is -2.32. The van der Waals surface area contributed by atoms with Crippen molar-refractivity contribution in [3.63, 3.8) is 0 Å². The normalized spacial score (nSPS) is 26.7. The van der Waals surface area contributed by atoms with Gasteiger partial charge in [-0.1, -0.05) is 12.1 Å². The average molecular weight is 288 g/mol. The van der Waals surface area contributed by atoms with Crippen molar-refractivity contribution in [1.29, 1.82) is 5.26 Å². The topological polar surface area (TPSA) is 52.9 Å². The third-order valence-electron chi connectivity index (χ3n) is 3.43. The number of nitrogens with one attached hydrogen (secondary N) is 1. The quantitative estimate of drug-likeness (QED) is 0.922. The monoisotopic (exact) mass is 288 g/mol. The number of piperidine rings is 1. The molecule has 19 heavy (non-hydrogen) atoms. The number of nitrogens with zero attached hydrogens (tertiary/aromatic N) is 1. The maximum absolute atomic E-state index is 12.1. The van der Waals surface area contributed by atoms with Crippen LogP contribution < -0.4 is 5.32 Å². The van der Waals surface area contributed by atoms with Crippen molar-refractivity contribution in [2.45, 2.75) is 18.4 Å². The number of carbonyl (C=O) groups is 1. The first-order valence-electron chi connectivity index (χ1n) is 6.06. The van der Waals surface area contributed by atoms with E-state index in [-0.39, 0.29) is 17.9 Å². The number of carbonyl (C=O) groups excluding carboxylic acids is 1. The molecule has 0 bridgehead atoms. The molecule has 1 amide bonds. The van der Waals surface area contributed by atoms with Gasteiger partial charge < -0.3 is 5.32 Å². The van der Waals surface area contributed by atoms with Gasteiger partial charge in [0.1, 0.15) is 5.92 Å². The highest BCUT2D eigenvalue weighted by Crippen LogP contribution is 2.40.